The van der Waals surface area contributed by atoms with Crippen molar-refractivity contribution >= 4 is 0 Å². The SMILES string of the molecule is Cc1nn(-c2ccccc2)c(Oc2cccc(F)c2)c1CN(C[C@H](O)Cc1ccccc1)C(C)C. The van der Waals surface area contributed by atoms with Crippen LogP contribution in [0.3, 0.4) is 0 Å². The van der Waals surface area contributed by atoms with Crippen molar-refractivity contribution in [2.24, 2.45) is 0 Å². The Morgan fingerprint density at radius 2 is 1.66 bits per heavy atom. The van der Waals surface area contributed by atoms with E-state index in [1.807, 2.05) is 67.6 Å². The number of nitrogens with zero attached hydrogens (tertiary/aromatic N) is 3. The van der Waals surface area contributed by atoms with E-state index in [9.17, 15) is 9.50 Å². The lowest BCUT2D eigenvalue weighted by molar-refractivity contribution is 0.0902. The van der Waals surface area contributed by atoms with Gasteiger partial charge in [0, 0.05) is 25.2 Å². The molecular formula is C29H32FN3O2. The third-order valence-electron chi connectivity index (χ3n) is 6.00. The van der Waals surface area contributed by atoms with E-state index in [0.29, 0.717) is 31.1 Å². The fraction of sp³-hybridized carbons (Fsp3) is 0.276. The van der Waals surface area contributed by atoms with Crippen molar-refractivity contribution in [2.75, 3.05) is 6.54 Å². The Kier molecular flexibility index (Phi) is 7.95. The maximum absolute atomic E-state index is 13.9. The number of ether oxygens (including phenoxy) is 1. The molecule has 4 rings (SSSR count). The molecule has 0 saturated carbocycles. The monoisotopic (exact) mass is 473 g/mol. The van der Waals surface area contributed by atoms with E-state index in [1.54, 1.807) is 16.8 Å². The van der Waals surface area contributed by atoms with Gasteiger partial charge in [0.2, 0.25) is 5.88 Å². The average molecular weight is 474 g/mol. The molecule has 6 heteroatoms. The number of benzene rings is 3. The standard InChI is InChI=1S/C29H32FN3O2/c1-21(2)32(19-26(34)17-23-11-6-4-7-12-23)20-28-22(3)31-33(25-14-8-5-9-15-25)29(28)35-27-16-10-13-24(30)18-27/h4-16,18,21,26,34H,17,19-20H2,1-3H3/t26-/m1/s1. The lowest BCUT2D eigenvalue weighted by Gasteiger charge is -2.29. The van der Waals surface area contributed by atoms with Crippen molar-refractivity contribution in [2.45, 2.75) is 45.9 Å². The topological polar surface area (TPSA) is 50.5 Å². The second-order valence-corrected chi connectivity index (χ2v) is 9.04. The van der Waals surface area contributed by atoms with Gasteiger partial charge in [-0.1, -0.05) is 54.6 Å². The van der Waals surface area contributed by atoms with Crippen molar-refractivity contribution in [1.29, 1.82) is 0 Å². The summed E-state index contributed by atoms with van der Waals surface area (Å²) < 4.78 is 21.9. The number of hydrogen-bond donors (Lipinski definition) is 1. The molecular weight excluding hydrogens is 441 g/mol. The molecule has 1 N–H and O–H groups in total. The lowest BCUT2D eigenvalue weighted by Crippen LogP contribution is -2.38. The van der Waals surface area contributed by atoms with Crippen LogP contribution >= 0.6 is 0 Å². The molecule has 4 aromatic rings. The number of halogens is 1. The highest BCUT2D eigenvalue weighted by atomic mass is 19.1. The Morgan fingerprint density at radius 1 is 0.971 bits per heavy atom. The minimum absolute atomic E-state index is 0.182. The van der Waals surface area contributed by atoms with Gasteiger partial charge in [-0.2, -0.15) is 5.10 Å². The summed E-state index contributed by atoms with van der Waals surface area (Å²) in [5.74, 6) is 0.588. The predicted octanol–water partition coefficient (Wildman–Crippen LogP) is 5.93. The van der Waals surface area contributed by atoms with Crippen molar-refractivity contribution in [3.05, 3.63) is 108 Å². The number of aromatic nitrogens is 2. The first-order valence-electron chi connectivity index (χ1n) is 11.9. The largest absolute Gasteiger partial charge is 0.438 e. The summed E-state index contributed by atoms with van der Waals surface area (Å²) in [6, 6.07) is 26.0. The van der Waals surface area contributed by atoms with Gasteiger partial charge >= 0.3 is 0 Å². The van der Waals surface area contributed by atoms with E-state index in [-0.39, 0.29) is 11.9 Å². The molecule has 0 spiro atoms. The summed E-state index contributed by atoms with van der Waals surface area (Å²) in [4.78, 5) is 2.21. The number of hydrogen-bond acceptors (Lipinski definition) is 4. The van der Waals surface area contributed by atoms with Crippen molar-refractivity contribution in [3.63, 3.8) is 0 Å². The number of aryl methyl sites for hydroxylation is 1. The minimum atomic E-state index is -0.517. The Labute approximate surface area is 206 Å². The second kappa shape index (κ2) is 11.3. The summed E-state index contributed by atoms with van der Waals surface area (Å²) in [5, 5.41) is 15.6. The highest BCUT2D eigenvalue weighted by Crippen LogP contribution is 2.32. The molecule has 0 aliphatic carbocycles. The quantitative estimate of drug-likeness (QED) is 0.310. The third-order valence-corrected chi connectivity index (χ3v) is 6.00. The van der Waals surface area contributed by atoms with Gasteiger partial charge in [-0.05, 0) is 57.0 Å². The Balaban J connectivity index is 1.64. The zero-order chi connectivity index (χ0) is 24.8. The summed E-state index contributed by atoms with van der Waals surface area (Å²) >= 11 is 0. The van der Waals surface area contributed by atoms with Crippen molar-refractivity contribution < 1.29 is 14.2 Å². The van der Waals surface area contributed by atoms with Gasteiger partial charge in [0.15, 0.2) is 0 Å². The van der Waals surface area contributed by atoms with Crippen LogP contribution in [0.4, 0.5) is 4.39 Å². The van der Waals surface area contributed by atoms with E-state index >= 15 is 0 Å². The van der Waals surface area contributed by atoms with Crippen LogP contribution in [0.15, 0.2) is 84.9 Å². The molecule has 35 heavy (non-hydrogen) atoms. The molecule has 0 saturated heterocycles. The van der Waals surface area contributed by atoms with Crippen LogP contribution in [-0.2, 0) is 13.0 Å². The number of para-hydroxylation sites is 1. The predicted molar refractivity (Wildman–Crippen MR) is 136 cm³/mol. The summed E-state index contributed by atoms with van der Waals surface area (Å²) in [7, 11) is 0. The second-order valence-electron chi connectivity index (χ2n) is 9.04. The number of aliphatic hydroxyl groups is 1. The van der Waals surface area contributed by atoms with Crippen LogP contribution in [0.2, 0.25) is 0 Å². The molecule has 0 aliphatic rings. The third kappa shape index (κ3) is 6.35. The van der Waals surface area contributed by atoms with Crippen LogP contribution in [0, 0.1) is 12.7 Å². The highest BCUT2D eigenvalue weighted by molar-refractivity contribution is 5.43. The first-order valence-corrected chi connectivity index (χ1v) is 11.9. The molecule has 3 aromatic carbocycles. The molecule has 0 bridgehead atoms. The van der Waals surface area contributed by atoms with Crippen molar-refractivity contribution in [3.8, 4) is 17.3 Å². The minimum Gasteiger partial charge on any atom is -0.438 e. The zero-order valence-electron chi connectivity index (χ0n) is 20.4. The zero-order valence-corrected chi connectivity index (χ0v) is 20.4. The van der Waals surface area contributed by atoms with E-state index in [1.165, 1.54) is 12.1 Å². The van der Waals surface area contributed by atoms with E-state index in [0.717, 1.165) is 22.5 Å². The molecule has 1 aromatic heterocycles. The summed E-state index contributed by atoms with van der Waals surface area (Å²) in [5.41, 5.74) is 3.68. The average Bonchev–Trinajstić information content (AvgIpc) is 3.14. The molecule has 0 fully saturated rings. The van der Waals surface area contributed by atoms with Crippen LogP contribution in [0.25, 0.3) is 5.69 Å². The molecule has 0 radical (unpaired) electrons. The van der Waals surface area contributed by atoms with Gasteiger partial charge < -0.3 is 9.84 Å². The van der Waals surface area contributed by atoms with E-state index in [2.05, 4.69) is 18.7 Å². The Morgan fingerprint density at radius 3 is 2.31 bits per heavy atom. The smallest absolute Gasteiger partial charge is 0.227 e. The van der Waals surface area contributed by atoms with E-state index in [4.69, 9.17) is 9.84 Å². The maximum atomic E-state index is 13.9. The van der Waals surface area contributed by atoms with Gasteiger partial charge in [-0.15, -0.1) is 0 Å². The van der Waals surface area contributed by atoms with Crippen LogP contribution < -0.4 is 4.74 Å². The number of aliphatic hydroxyl groups excluding tert-OH is 1. The van der Waals surface area contributed by atoms with Crippen LogP contribution in [0.1, 0.15) is 30.7 Å². The highest BCUT2D eigenvalue weighted by Gasteiger charge is 2.24. The van der Waals surface area contributed by atoms with Gasteiger partial charge in [0.1, 0.15) is 11.6 Å². The molecule has 0 aliphatic heterocycles. The van der Waals surface area contributed by atoms with Gasteiger partial charge in [-0.25, -0.2) is 9.07 Å². The van der Waals surface area contributed by atoms with Gasteiger partial charge in [-0.3, -0.25) is 4.90 Å². The van der Waals surface area contributed by atoms with Crippen LogP contribution in [0.5, 0.6) is 11.6 Å². The first kappa shape index (κ1) is 24.6. The fourth-order valence-corrected chi connectivity index (χ4v) is 4.09. The normalized spacial score (nSPS) is 12.3. The van der Waals surface area contributed by atoms with Gasteiger partial charge in [0.25, 0.3) is 0 Å². The fourth-order valence-electron chi connectivity index (χ4n) is 4.09. The molecule has 0 amide bonds. The molecule has 1 heterocycles. The first-order chi connectivity index (χ1) is 16.9. The van der Waals surface area contributed by atoms with Crippen LogP contribution in [-0.4, -0.2) is 38.5 Å². The molecule has 0 unspecified atom stereocenters. The maximum Gasteiger partial charge on any atom is 0.227 e. The molecule has 182 valence electrons. The lowest BCUT2D eigenvalue weighted by atomic mass is 10.1. The Hall–Kier alpha value is -3.48. The Bertz CT molecular complexity index is 1230. The molecule has 5 nitrogen and oxygen atoms in total. The summed E-state index contributed by atoms with van der Waals surface area (Å²) in [6.45, 7) is 7.21. The van der Waals surface area contributed by atoms with E-state index < -0.39 is 6.10 Å². The van der Waals surface area contributed by atoms with Gasteiger partial charge in [0.05, 0.1) is 23.0 Å². The molecule has 1 atom stereocenters. The summed E-state index contributed by atoms with van der Waals surface area (Å²) in [6.07, 6.45) is 0.0655. The van der Waals surface area contributed by atoms with Crippen molar-refractivity contribution in [1.82, 2.24) is 14.7 Å². The number of rotatable bonds is 10.